The Morgan fingerprint density at radius 1 is 1.21 bits per heavy atom. The van der Waals surface area contributed by atoms with Crippen LogP contribution in [0.5, 0.6) is 0 Å². The van der Waals surface area contributed by atoms with E-state index in [0.717, 1.165) is 26.1 Å². The summed E-state index contributed by atoms with van der Waals surface area (Å²) in [5.74, 6) is 0. The van der Waals surface area contributed by atoms with Crippen LogP contribution in [-0.2, 0) is 13.1 Å². The van der Waals surface area contributed by atoms with Crippen LogP contribution in [0.15, 0.2) is 24.3 Å². The number of hydrogen-bond donors (Lipinski definition) is 0. The molecule has 0 radical (unpaired) electrons. The summed E-state index contributed by atoms with van der Waals surface area (Å²) in [5, 5.41) is 8.45. The second-order valence-corrected chi connectivity index (χ2v) is 3.74. The van der Waals surface area contributed by atoms with Crippen molar-refractivity contribution in [2.24, 2.45) is 0 Å². The lowest BCUT2D eigenvalue weighted by molar-refractivity contribution is 0.281. The molecule has 0 amide bonds. The number of rotatable bonds is 3. The molecule has 2 heteroatoms. The highest BCUT2D eigenvalue weighted by atomic mass is 15.1. The number of benzene rings is 1. The zero-order valence-electron chi connectivity index (χ0n) is 8.24. The van der Waals surface area contributed by atoms with Crippen molar-refractivity contribution in [3.05, 3.63) is 35.4 Å². The number of unbranched alkanes of at least 4 members (excludes halogenated alkanes) is 1. The van der Waals surface area contributed by atoms with Gasteiger partial charge in [-0.25, -0.2) is 0 Å². The first-order chi connectivity index (χ1) is 6.90. The summed E-state index contributed by atoms with van der Waals surface area (Å²) in [6.45, 7) is 3.16. The van der Waals surface area contributed by atoms with Crippen LogP contribution < -0.4 is 0 Å². The maximum atomic E-state index is 8.45. The fraction of sp³-hybridized carbons (Fsp3) is 0.417. The van der Waals surface area contributed by atoms with E-state index < -0.39 is 0 Å². The van der Waals surface area contributed by atoms with E-state index in [4.69, 9.17) is 5.26 Å². The lowest BCUT2D eigenvalue weighted by Crippen LogP contribution is -2.17. The molecule has 0 aliphatic carbocycles. The summed E-state index contributed by atoms with van der Waals surface area (Å²) in [4.78, 5) is 2.40. The first-order valence-corrected chi connectivity index (χ1v) is 5.06. The van der Waals surface area contributed by atoms with Crippen molar-refractivity contribution in [3.63, 3.8) is 0 Å². The van der Waals surface area contributed by atoms with Crippen LogP contribution in [-0.4, -0.2) is 11.4 Å². The monoisotopic (exact) mass is 186 g/mol. The van der Waals surface area contributed by atoms with Gasteiger partial charge in [0.1, 0.15) is 0 Å². The first kappa shape index (κ1) is 9.23. The average molecular weight is 186 g/mol. The Morgan fingerprint density at radius 2 is 1.86 bits per heavy atom. The molecular weight excluding hydrogens is 172 g/mol. The first-order valence-electron chi connectivity index (χ1n) is 5.06. The summed E-state index contributed by atoms with van der Waals surface area (Å²) in [5.41, 5.74) is 2.90. The van der Waals surface area contributed by atoms with Crippen LogP contribution in [0.4, 0.5) is 0 Å². The van der Waals surface area contributed by atoms with E-state index in [0.29, 0.717) is 6.42 Å². The molecule has 2 nitrogen and oxygen atoms in total. The second-order valence-electron chi connectivity index (χ2n) is 3.74. The van der Waals surface area contributed by atoms with Crippen LogP contribution in [0.2, 0.25) is 0 Å². The van der Waals surface area contributed by atoms with Crippen molar-refractivity contribution >= 4 is 0 Å². The van der Waals surface area contributed by atoms with E-state index in [1.807, 2.05) is 0 Å². The Hall–Kier alpha value is -1.33. The van der Waals surface area contributed by atoms with Gasteiger partial charge in [-0.1, -0.05) is 24.3 Å². The molecule has 2 rings (SSSR count). The Kier molecular flexibility index (Phi) is 2.81. The van der Waals surface area contributed by atoms with Gasteiger partial charge in [-0.2, -0.15) is 5.26 Å². The molecule has 0 unspecified atom stereocenters. The molecule has 0 saturated carbocycles. The fourth-order valence-corrected chi connectivity index (χ4v) is 1.94. The standard InChI is InChI=1S/C12H14N2/c13-7-3-4-8-14-9-11-5-1-2-6-12(11)10-14/h1-2,5-6H,3-4,8-10H2. The van der Waals surface area contributed by atoms with Crippen molar-refractivity contribution in [1.29, 1.82) is 5.26 Å². The molecule has 0 N–H and O–H groups in total. The molecule has 14 heavy (non-hydrogen) atoms. The van der Waals surface area contributed by atoms with E-state index >= 15 is 0 Å². The topological polar surface area (TPSA) is 27.0 Å². The lowest BCUT2D eigenvalue weighted by Gasteiger charge is -2.12. The van der Waals surface area contributed by atoms with Crippen LogP contribution in [0.25, 0.3) is 0 Å². The van der Waals surface area contributed by atoms with E-state index in [1.54, 1.807) is 0 Å². The van der Waals surface area contributed by atoms with Crippen molar-refractivity contribution in [3.8, 4) is 6.07 Å². The molecule has 0 fully saturated rings. The molecule has 72 valence electrons. The highest BCUT2D eigenvalue weighted by Gasteiger charge is 2.16. The molecular formula is C12H14N2. The number of nitrogens with zero attached hydrogens (tertiary/aromatic N) is 2. The SMILES string of the molecule is N#CCCCN1Cc2ccccc2C1. The lowest BCUT2D eigenvalue weighted by atomic mass is 10.1. The summed E-state index contributed by atoms with van der Waals surface area (Å²) >= 11 is 0. The third-order valence-corrected chi connectivity index (χ3v) is 2.67. The summed E-state index contributed by atoms with van der Waals surface area (Å²) in [6, 6.07) is 10.8. The quantitative estimate of drug-likeness (QED) is 0.677. The van der Waals surface area contributed by atoms with Crippen LogP contribution in [0.1, 0.15) is 24.0 Å². The molecule has 1 aliphatic rings. The zero-order chi connectivity index (χ0) is 9.80. The Balaban J connectivity index is 1.89. The van der Waals surface area contributed by atoms with Crippen molar-refractivity contribution in [2.75, 3.05) is 6.54 Å². The molecule has 0 atom stereocenters. The molecule has 1 aromatic rings. The fourth-order valence-electron chi connectivity index (χ4n) is 1.94. The predicted molar refractivity (Wildman–Crippen MR) is 55.4 cm³/mol. The van der Waals surface area contributed by atoms with Gasteiger partial charge in [-0.05, 0) is 24.1 Å². The molecule has 1 aliphatic heterocycles. The summed E-state index contributed by atoms with van der Waals surface area (Å²) in [7, 11) is 0. The van der Waals surface area contributed by atoms with E-state index in [9.17, 15) is 0 Å². The maximum Gasteiger partial charge on any atom is 0.0622 e. The third-order valence-electron chi connectivity index (χ3n) is 2.67. The largest absolute Gasteiger partial charge is 0.295 e. The van der Waals surface area contributed by atoms with E-state index in [-0.39, 0.29) is 0 Å². The van der Waals surface area contributed by atoms with Gasteiger partial charge in [0.05, 0.1) is 6.07 Å². The van der Waals surface area contributed by atoms with Gasteiger partial charge in [0, 0.05) is 19.5 Å². The summed E-state index contributed by atoms with van der Waals surface area (Å²) < 4.78 is 0. The predicted octanol–water partition coefficient (Wildman–Crippen LogP) is 2.31. The zero-order valence-corrected chi connectivity index (χ0v) is 8.24. The van der Waals surface area contributed by atoms with Gasteiger partial charge in [0.25, 0.3) is 0 Å². The number of fused-ring (bicyclic) bond motifs is 1. The van der Waals surface area contributed by atoms with Gasteiger partial charge >= 0.3 is 0 Å². The Morgan fingerprint density at radius 3 is 2.43 bits per heavy atom. The van der Waals surface area contributed by atoms with Gasteiger partial charge < -0.3 is 0 Å². The molecule has 1 aromatic carbocycles. The van der Waals surface area contributed by atoms with Gasteiger partial charge in [-0.3, -0.25) is 4.90 Å². The van der Waals surface area contributed by atoms with E-state index in [2.05, 4.69) is 35.2 Å². The number of nitriles is 1. The smallest absolute Gasteiger partial charge is 0.0622 e. The van der Waals surface area contributed by atoms with Crippen molar-refractivity contribution in [1.82, 2.24) is 4.90 Å². The van der Waals surface area contributed by atoms with Crippen molar-refractivity contribution < 1.29 is 0 Å². The average Bonchev–Trinajstić information content (AvgIpc) is 2.60. The van der Waals surface area contributed by atoms with Crippen LogP contribution in [0, 0.1) is 11.3 Å². The Labute approximate surface area is 84.8 Å². The molecule has 0 saturated heterocycles. The van der Waals surface area contributed by atoms with Gasteiger partial charge in [-0.15, -0.1) is 0 Å². The molecule has 1 heterocycles. The number of hydrogen-bond acceptors (Lipinski definition) is 2. The van der Waals surface area contributed by atoms with Crippen LogP contribution in [0.3, 0.4) is 0 Å². The van der Waals surface area contributed by atoms with Crippen LogP contribution >= 0.6 is 0 Å². The second kappa shape index (κ2) is 4.26. The minimum Gasteiger partial charge on any atom is -0.295 e. The van der Waals surface area contributed by atoms with E-state index in [1.165, 1.54) is 11.1 Å². The normalized spacial score (nSPS) is 15.1. The minimum absolute atomic E-state index is 0.673. The highest BCUT2D eigenvalue weighted by molar-refractivity contribution is 5.30. The van der Waals surface area contributed by atoms with Crippen molar-refractivity contribution in [2.45, 2.75) is 25.9 Å². The molecule has 0 spiro atoms. The maximum absolute atomic E-state index is 8.45. The summed E-state index contributed by atoms with van der Waals surface area (Å²) in [6.07, 6.45) is 1.66. The minimum atomic E-state index is 0.673. The highest BCUT2D eigenvalue weighted by Crippen LogP contribution is 2.21. The third kappa shape index (κ3) is 1.94. The Bertz CT molecular complexity index is 327. The molecule has 0 aromatic heterocycles. The van der Waals surface area contributed by atoms with Gasteiger partial charge in [0.2, 0.25) is 0 Å². The molecule has 0 bridgehead atoms. The van der Waals surface area contributed by atoms with Gasteiger partial charge in [0.15, 0.2) is 0 Å².